The Morgan fingerprint density at radius 3 is 2.37 bits per heavy atom. The van der Waals surface area contributed by atoms with Gasteiger partial charge in [-0.3, -0.25) is 0 Å². The van der Waals surface area contributed by atoms with E-state index in [0.29, 0.717) is 18.1 Å². The molecule has 1 aromatic rings. The topological polar surface area (TPSA) is 26.3 Å². The zero-order valence-corrected chi connectivity index (χ0v) is 12.4. The van der Waals surface area contributed by atoms with Gasteiger partial charge >= 0.3 is 5.97 Å². The minimum Gasteiger partial charge on any atom is -0.462 e. The van der Waals surface area contributed by atoms with Gasteiger partial charge in [-0.05, 0) is 30.4 Å². The lowest BCUT2D eigenvalue weighted by Crippen LogP contribution is -2.09. The molecule has 0 heterocycles. The van der Waals surface area contributed by atoms with Gasteiger partial charge in [0, 0.05) is 0 Å². The third kappa shape index (κ3) is 7.00. The lowest BCUT2D eigenvalue weighted by atomic mass is 9.98. The Balaban J connectivity index is 2.14. The lowest BCUT2D eigenvalue weighted by molar-refractivity contribution is 0.0483. The fraction of sp³-hybridized carbons (Fsp3) is 0.588. The molecule has 0 saturated carbocycles. The summed E-state index contributed by atoms with van der Waals surface area (Å²) in [7, 11) is 0. The number of carbonyl (C=O) groups is 1. The number of ether oxygens (including phenoxy) is 1. The van der Waals surface area contributed by atoms with Crippen LogP contribution in [0.4, 0.5) is 0 Å². The number of carbonyl (C=O) groups excluding carboxylic acids is 1. The Morgan fingerprint density at radius 1 is 1.05 bits per heavy atom. The number of hydrogen-bond donors (Lipinski definition) is 0. The zero-order chi connectivity index (χ0) is 14.1. The highest BCUT2D eigenvalue weighted by molar-refractivity contribution is 5.89. The normalized spacial score (nSPS) is 12.4. The van der Waals surface area contributed by atoms with Gasteiger partial charge < -0.3 is 4.74 Å². The Labute approximate surface area is 117 Å². The summed E-state index contributed by atoms with van der Waals surface area (Å²) < 4.78 is 5.29. The van der Waals surface area contributed by atoms with Crippen LogP contribution < -0.4 is 0 Å². The monoisotopic (exact) mass is 262 g/mol. The highest BCUT2D eigenvalue weighted by Crippen LogP contribution is 2.15. The van der Waals surface area contributed by atoms with Gasteiger partial charge in [-0.2, -0.15) is 0 Å². The van der Waals surface area contributed by atoms with Gasteiger partial charge in [-0.15, -0.1) is 0 Å². The quantitative estimate of drug-likeness (QED) is 0.635. The maximum atomic E-state index is 11.7. The lowest BCUT2D eigenvalue weighted by Gasteiger charge is -2.12. The fourth-order valence-corrected chi connectivity index (χ4v) is 2.03. The van der Waals surface area contributed by atoms with E-state index in [2.05, 4.69) is 20.8 Å². The molecule has 2 nitrogen and oxygen atoms in total. The van der Waals surface area contributed by atoms with Gasteiger partial charge in [0.1, 0.15) is 0 Å². The van der Waals surface area contributed by atoms with Crippen LogP contribution in [0, 0.1) is 11.8 Å². The van der Waals surface area contributed by atoms with Crippen LogP contribution >= 0.6 is 0 Å². The molecule has 0 saturated heterocycles. The average molecular weight is 262 g/mol. The van der Waals surface area contributed by atoms with Crippen molar-refractivity contribution < 1.29 is 9.53 Å². The van der Waals surface area contributed by atoms with Gasteiger partial charge in [0.05, 0.1) is 12.2 Å². The zero-order valence-electron chi connectivity index (χ0n) is 12.4. The van der Waals surface area contributed by atoms with E-state index in [1.54, 1.807) is 12.1 Å². The molecule has 0 radical (unpaired) electrons. The van der Waals surface area contributed by atoms with E-state index in [1.807, 2.05) is 18.2 Å². The standard InChI is InChI=1S/C17H26O2/c1-14(2)8-7-9-15(3)12-13-19-17(18)16-10-5-4-6-11-16/h4-6,10-11,14-15H,7-9,12-13H2,1-3H3/t15-/m0/s1. The highest BCUT2D eigenvalue weighted by atomic mass is 16.5. The van der Waals surface area contributed by atoms with Crippen molar-refractivity contribution in [1.82, 2.24) is 0 Å². The summed E-state index contributed by atoms with van der Waals surface area (Å²) in [5.41, 5.74) is 0.634. The molecule has 0 spiro atoms. The first kappa shape index (κ1) is 15.7. The Bertz CT molecular complexity index is 357. The molecule has 0 aliphatic heterocycles. The van der Waals surface area contributed by atoms with E-state index in [0.717, 1.165) is 12.3 Å². The molecular weight excluding hydrogens is 236 g/mol. The van der Waals surface area contributed by atoms with Crippen LogP contribution in [0.5, 0.6) is 0 Å². The number of hydrogen-bond acceptors (Lipinski definition) is 2. The molecule has 0 aromatic heterocycles. The predicted octanol–water partition coefficient (Wildman–Crippen LogP) is 4.70. The molecule has 1 rings (SSSR count). The second-order valence-electron chi connectivity index (χ2n) is 5.72. The summed E-state index contributed by atoms with van der Waals surface area (Å²) >= 11 is 0. The van der Waals surface area contributed by atoms with E-state index in [9.17, 15) is 4.79 Å². The SMILES string of the molecule is CC(C)CCC[C@H](C)CCOC(=O)c1ccccc1. The molecule has 0 unspecified atom stereocenters. The smallest absolute Gasteiger partial charge is 0.338 e. The fourth-order valence-electron chi connectivity index (χ4n) is 2.03. The van der Waals surface area contributed by atoms with Crippen LogP contribution in [0.15, 0.2) is 30.3 Å². The van der Waals surface area contributed by atoms with E-state index < -0.39 is 0 Å². The van der Waals surface area contributed by atoms with Crippen LogP contribution in [-0.4, -0.2) is 12.6 Å². The van der Waals surface area contributed by atoms with E-state index >= 15 is 0 Å². The van der Waals surface area contributed by atoms with Crippen molar-refractivity contribution >= 4 is 5.97 Å². The van der Waals surface area contributed by atoms with Crippen LogP contribution in [0.3, 0.4) is 0 Å². The van der Waals surface area contributed by atoms with Gasteiger partial charge in [0.2, 0.25) is 0 Å². The molecule has 0 N–H and O–H groups in total. The summed E-state index contributed by atoms with van der Waals surface area (Å²) in [6.45, 7) is 7.27. The highest BCUT2D eigenvalue weighted by Gasteiger charge is 2.08. The van der Waals surface area contributed by atoms with Crippen molar-refractivity contribution in [3.8, 4) is 0 Å². The molecular formula is C17H26O2. The summed E-state index contributed by atoms with van der Waals surface area (Å²) in [5, 5.41) is 0. The van der Waals surface area contributed by atoms with Crippen LogP contribution in [0.2, 0.25) is 0 Å². The van der Waals surface area contributed by atoms with Crippen molar-refractivity contribution in [1.29, 1.82) is 0 Å². The third-order valence-electron chi connectivity index (χ3n) is 3.33. The maximum absolute atomic E-state index is 11.7. The molecule has 0 fully saturated rings. The van der Waals surface area contributed by atoms with Crippen molar-refractivity contribution in [2.24, 2.45) is 11.8 Å². The first-order valence-electron chi connectivity index (χ1n) is 7.31. The molecule has 106 valence electrons. The van der Waals surface area contributed by atoms with Crippen molar-refractivity contribution in [3.63, 3.8) is 0 Å². The molecule has 2 heteroatoms. The summed E-state index contributed by atoms with van der Waals surface area (Å²) in [4.78, 5) is 11.7. The first-order valence-corrected chi connectivity index (χ1v) is 7.31. The minimum absolute atomic E-state index is 0.213. The summed E-state index contributed by atoms with van der Waals surface area (Å²) in [6.07, 6.45) is 4.73. The molecule has 0 amide bonds. The molecule has 0 aliphatic rings. The predicted molar refractivity (Wildman–Crippen MR) is 79.2 cm³/mol. The third-order valence-corrected chi connectivity index (χ3v) is 3.33. The van der Waals surface area contributed by atoms with Crippen molar-refractivity contribution in [2.75, 3.05) is 6.61 Å². The average Bonchev–Trinajstić information content (AvgIpc) is 2.39. The van der Waals surface area contributed by atoms with Crippen LogP contribution in [-0.2, 0) is 4.74 Å². The molecule has 1 atom stereocenters. The summed E-state index contributed by atoms with van der Waals surface area (Å²) in [5.74, 6) is 1.19. The van der Waals surface area contributed by atoms with E-state index in [1.165, 1.54) is 19.3 Å². The molecule has 0 bridgehead atoms. The maximum Gasteiger partial charge on any atom is 0.338 e. The van der Waals surface area contributed by atoms with E-state index in [4.69, 9.17) is 4.74 Å². The van der Waals surface area contributed by atoms with Gasteiger partial charge in [-0.25, -0.2) is 4.79 Å². The second kappa shape index (κ2) is 8.73. The number of esters is 1. The Morgan fingerprint density at radius 2 is 1.74 bits per heavy atom. The number of rotatable bonds is 8. The Hall–Kier alpha value is -1.31. The first-order chi connectivity index (χ1) is 9.09. The minimum atomic E-state index is -0.213. The van der Waals surface area contributed by atoms with E-state index in [-0.39, 0.29) is 5.97 Å². The molecule has 0 aliphatic carbocycles. The summed E-state index contributed by atoms with van der Waals surface area (Å²) in [6, 6.07) is 9.17. The van der Waals surface area contributed by atoms with Crippen molar-refractivity contribution in [2.45, 2.75) is 46.5 Å². The van der Waals surface area contributed by atoms with Crippen LogP contribution in [0.1, 0.15) is 56.8 Å². The van der Waals surface area contributed by atoms with Crippen molar-refractivity contribution in [3.05, 3.63) is 35.9 Å². The Kier molecular flexibility index (Phi) is 7.24. The van der Waals surface area contributed by atoms with Gasteiger partial charge in [0.25, 0.3) is 0 Å². The largest absolute Gasteiger partial charge is 0.462 e. The number of benzene rings is 1. The molecule has 19 heavy (non-hydrogen) atoms. The van der Waals surface area contributed by atoms with Gasteiger partial charge in [-0.1, -0.05) is 58.2 Å². The van der Waals surface area contributed by atoms with Crippen LogP contribution in [0.25, 0.3) is 0 Å². The molecule has 1 aromatic carbocycles. The van der Waals surface area contributed by atoms with Gasteiger partial charge in [0.15, 0.2) is 0 Å². The second-order valence-corrected chi connectivity index (χ2v) is 5.72.